The summed E-state index contributed by atoms with van der Waals surface area (Å²) in [6, 6.07) is 4.11. The zero-order valence-electron chi connectivity index (χ0n) is 9.15. The third-order valence-corrected chi connectivity index (χ3v) is 3.77. The van der Waals surface area contributed by atoms with E-state index in [9.17, 15) is 14.3 Å². The lowest BCUT2D eigenvalue weighted by Crippen LogP contribution is -2.35. The maximum Gasteiger partial charge on any atom is 0.240 e. The fraction of sp³-hybridized carbons (Fsp3) is 0.250. The molecule has 1 aliphatic rings. The number of halogens is 2. The second kappa shape index (κ2) is 4.64. The monoisotopic (exact) mass is 347 g/mol. The van der Waals surface area contributed by atoms with Crippen LogP contribution in [0.3, 0.4) is 0 Å². The summed E-state index contributed by atoms with van der Waals surface area (Å²) in [6.07, 6.45) is 2.32. The van der Waals surface area contributed by atoms with E-state index in [1.54, 1.807) is 13.1 Å². The lowest BCUT2D eigenvalue weighted by molar-refractivity contribution is -0.126. The molecule has 1 heterocycles. The molecule has 3 nitrogen and oxygen atoms in total. The number of hydrogen-bond donors (Lipinski definition) is 1. The molecule has 5 heteroatoms. The Labute approximate surface area is 112 Å². The van der Waals surface area contributed by atoms with Crippen molar-refractivity contribution in [2.24, 2.45) is 0 Å². The van der Waals surface area contributed by atoms with Crippen molar-refractivity contribution in [1.82, 2.24) is 4.90 Å². The van der Waals surface area contributed by atoms with Gasteiger partial charge in [-0.05, 0) is 18.6 Å². The molecule has 1 unspecified atom stereocenters. The normalized spacial score (nSPS) is 20.4. The maximum absolute atomic E-state index is 13.7. The Bertz CT molecular complexity index is 481. The number of hydrogen-bond acceptors (Lipinski definition) is 2. The number of amides is 1. The molecule has 90 valence electrons. The van der Waals surface area contributed by atoms with Crippen molar-refractivity contribution in [2.45, 2.75) is 10.3 Å². The van der Waals surface area contributed by atoms with Crippen molar-refractivity contribution in [2.75, 3.05) is 7.05 Å². The number of alkyl halides is 1. The van der Waals surface area contributed by atoms with Crippen LogP contribution in [0.4, 0.5) is 4.39 Å². The standard InChI is InChI=1S/C12H11FINO2/c1-15-9(6-5-8(14)12(15)17)11-7(13)3-2-4-10(11)16/h2-4,6,8,16H,5H2,1H3. The van der Waals surface area contributed by atoms with Gasteiger partial charge in [0.2, 0.25) is 5.91 Å². The van der Waals surface area contributed by atoms with Crippen molar-refractivity contribution in [1.29, 1.82) is 0 Å². The average molecular weight is 347 g/mol. The Balaban J connectivity index is 2.51. The van der Waals surface area contributed by atoms with Crippen LogP contribution in [0.2, 0.25) is 0 Å². The highest BCUT2D eigenvalue weighted by atomic mass is 127. The number of allylic oxidation sites excluding steroid dienone is 1. The summed E-state index contributed by atoms with van der Waals surface area (Å²) in [6.45, 7) is 0. The van der Waals surface area contributed by atoms with Crippen LogP contribution >= 0.6 is 22.6 Å². The third kappa shape index (κ3) is 2.15. The van der Waals surface area contributed by atoms with Crippen LogP contribution in [0.15, 0.2) is 24.3 Å². The number of carbonyl (C=O) groups is 1. The molecule has 0 saturated carbocycles. The van der Waals surface area contributed by atoms with Gasteiger partial charge in [-0.1, -0.05) is 34.7 Å². The molecule has 0 spiro atoms. The van der Waals surface area contributed by atoms with E-state index in [1.165, 1.54) is 23.1 Å². The van der Waals surface area contributed by atoms with Gasteiger partial charge in [0.25, 0.3) is 0 Å². The first kappa shape index (κ1) is 12.3. The molecular formula is C12H11FINO2. The Morgan fingerprint density at radius 3 is 2.88 bits per heavy atom. The molecule has 2 rings (SSSR count). The number of phenolic OH excluding ortho intramolecular Hbond substituents is 1. The molecule has 0 aromatic heterocycles. The fourth-order valence-electron chi connectivity index (χ4n) is 1.82. The van der Waals surface area contributed by atoms with Crippen LogP contribution < -0.4 is 0 Å². The Kier molecular flexibility index (Phi) is 3.37. The third-order valence-electron chi connectivity index (χ3n) is 2.73. The molecule has 1 aliphatic heterocycles. The van der Waals surface area contributed by atoms with Gasteiger partial charge < -0.3 is 10.0 Å². The Hall–Kier alpha value is -1.11. The van der Waals surface area contributed by atoms with Gasteiger partial charge in [0, 0.05) is 7.05 Å². The zero-order chi connectivity index (χ0) is 12.6. The van der Waals surface area contributed by atoms with Gasteiger partial charge in [0.05, 0.1) is 15.2 Å². The minimum absolute atomic E-state index is 0.0780. The zero-order valence-corrected chi connectivity index (χ0v) is 11.3. The van der Waals surface area contributed by atoms with Crippen molar-refractivity contribution in [3.63, 3.8) is 0 Å². The van der Waals surface area contributed by atoms with E-state index in [0.29, 0.717) is 12.1 Å². The highest BCUT2D eigenvalue weighted by molar-refractivity contribution is 14.1. The molecular weight excluding hydrogens is 336 g/mol. The van der Waals surface area contributed by atoms with Gasteiger partial charge in [-0.2, -0.15) is 0 Å². The van der Waals surface area contributed by atoms with Crippen molar-refractivity contribution >= 4 is 34.2 Å². The van der Waals surface area contributed by atoms with Crippen LogP contribution in [0.1, 0.15) is 12.0 Å². The Morgan fingerprint density at radius 2 is 2.24 bits per heavy atom. The minimum Gasteiger partial charge on any atom is -0.507 e. The Morgan fingerprint density at radius 1 is 1.53 bits per heavy atom. The highest BCUT2D eigenvalue weighted by Gasteiger charge is 2.28. The summed E-state index contributed by atoms with van der Waals surface area (Å²) in [5.74, 6) is -0.753. The van der Waals surface area contributed by atoms with Crippen LogP contribution in [0.5, 0.6) is 5.75 Å². The number of aromatic hydroxyl groups is 1. The number of nitrogens with zero attached hydrogens (tertiary/aromatic N) is 1. The molecule has 1 aromatic rings. The van der Waals surface area contributed by atoms with Crippen LogP contribution in [-0.4, -0.2) is 26.9 Å². The molecule has 0 saturated heterocycles. The summed E-state index contributed by atoms with van der Waals surface area (Å²) in [5, 5.41) is 9.69. The summed E-state index contributed by atoms with van der Waals surface area (Å²) in [7, 11) is 1.59. The minimum atomic E-state index is -0.525. The first-order valence-corrected chi connectivity index (χ1v) is 6.36. The quantitative estimate of drug-likeness (QED) is 0.627. The van der Waals surface area contributed by atoms with E-state index in [4.69, 9.17) is 0 Å². The van der Waals surface area contributed by atoms with E-state index < -0.39 is 5.82 Å². The van der Waals surface area contributed by atoms with E-state index >= 15 is 0 Å². The van der Waals surface area contributed by atoms with E-state index in [0.717, 1.165) is 0 Å². The van der Waals surface area contributed by atoms with Gasteiger partial charge in [0.15, 0.2) is 0 Å². The first-order chi connectivity index (χ1) is 8.02. The first-order valence-electron chi connectivity index (χ1n) is 5.12. The second-order valence-electron chi connectivity index (χ2n) is 3.82. The number of benzene rings is 1. The molecule has 1 aromatic carbocycles. The summed E-state index contributed by atoms with van der Waals surface area (Å²) in [5.41, 5.74) is 0.519. The second-order valence-corrected chi connectivity index (χ2v) is 5.33. The fourth-order valence-corrected chi connectivity index (χ4v) is 2.49. The van der Waals surface area contributed by atoms with Crippen LogP contribution in [-0.2, 0) is 4.79 Å². The topological polar surface area (TPSA) is 40.5 Å². The predicted octanol–water partition coefficient (Wildman–Crippen LogP) is 2.54. The summed E-state index contributed by atoms with van der Waals surface area (Å²) >= 11 is 2.05. The molecule has 0 aliphatic carbocycles. The van der Waals surface area contributed by atoms with Gasteiger partial charge in [-0.15, -0.1) is 0 Å². The SMILES string of the molecule is CN1C(=O)C(I)CC=C1c1c(O)cccc1F. The van der Waals surface area contributed by atoms with E-state index in [-0.39, 0.29) is 21.1 Å². The molecule has 0 radical (unpaired) electrons. The lowest BCUT2D eigenvalue weighted by Gasteiger charge is -2.28. The van der Waals surface area contributed by atoms with Crippen LogP contribution in [0.25, 0.3) is 5.70 Å². The smallest absolute Gasteiger partial charge is 0.240 e. The average Bonchev–Trinajstić information content (AvgIpc) is 2.29. The van der Waals surface area contributed by atoms with E-state index in [2.05, 4.69) is 22.6 Å². The van der Waals surface area contributed by atoms with Crippen LogP contribution in [0, 0.1) is 5.82 Å². The maximum atomic E-state index is 13.7. The van der Waals surface area contributed by atoms with Gasteiger partial charge >= 0.3 is 0 Å². The molecule has 0 bridgehead atoms. The summed E-state index contributed by atoms with van der Waals surface area (Å²) < 4.78 is 13.6. The van der Waals surface area contributed by atoms with Gasteiger partial charge in [-0.3, -0.25) is 4.79 Å². The van der Waals surface area contributed by atoms with Gasteiger partial charge in [-0.25, -0.2) is 4.39 Å². The summed E-state index contributed by atoms with van der Waals surface area (Å²) in [4.78, 5) is 13.2. The highest BCUT2D eigenvalue weighted by Crippen LogP contribution is 2.33. The van der Waals surface area contributed by atoms with Crippen molar-refractivity contribution in [3.05, 3.63) is 35.7 Å². The lowest BCUT2D eigenvalue weighted by atomic mass is 10.0. The predicted molar refractivity (Wildman–Crippen MR) is 71.2 cm³/mol. The van der Waals surface area contributed by atoms with Crippen molar-refractivity contribution in [3.8, 4) is 5.75 Å². The van der Waals surface area contributed by atoms with E-state index in [1.807, 2.05) is 0 Å². The number of carbonyl (C=O) groups excluding carboxylic acids is 1. The number of rotatable bonds is 1. The molecule has 1 amide bonds. The number of phenols is 1. The molecule has 1 atom stereocenters. The molecule has 1 N–H and O–H groups in total. The van der Waals surface area contributed by atoms with Gasteiger partial charge in [0.1, 0.15) is 11.6 Å². The molecule has 17 heavy (non-hydrogen) atoms. The molecule has 0 fully saturated rings. The largest absolute Gasteiger partial charge is 0.507 e. The van der Waals surface area contributed by atoms with Crippen molar-refractivity contribution < 1.29 is 14.3 Å².